The number of ether oxygens (including phenoxy) is 2. The molecule has 2 aromatic heterocycles. The van der Waals surface area contributed by atoms with Gasteiger partial charge in [0, 0.05) is 73.4 Å². The van der Waals surface area contributed by atoms with Crippen molar-refractivity contribution in [3.8, 4) is 21.7 Å². The van der Waals surface area contributed by atoms with Crippen LogP contribution in [0.3, 0.4) is 0 Å². The fourth-order valence-electron chi connectivity index (χ4n) is 6.82. The first-order valence-electron chi connectivity index (χ1n) is 16.8. The van der Waals surface area contributed by atoms with Gasteiger partial charge in [-0.05, 0) is 75.2 Å². The lowest BCUT2D eigenvalue weighted by Gasteiger charge is -2.28. The maximum Gasteiger partial charge on any atom is 0.337 e. The molecule has 0 aliphatic carbocycles. The Kier molecular flexibility index (Phi) is 9.33. The normalized spacial score (nSPS) is 16.6. The summed E-state index contributed by atoms with van der Waals surface area (Å²) < 4.78 is 14.3. The first kappa shape index (κ1) is 34.4. The Balaban J connectivity index is 1.28. The van der Waals surface area contributed by atoms with E-state index in [2.05, 4.69) is 11.0 Å². The summed E-state index contributed by atoms with van der Waals surface area (Å²) >= 11 is 7.78. The molecule has 1 atom stereocenters. The van der Waals surface area contributed by atoms with Gasteiger partial charge in [0.15, 0.2) is 11.9 Å². The third-order valence-corrected chi connectivity index (χ3v) is 10.6. The number of morpholine rings is 1. The molecule has 0 saturated carbocycles. The van der Waals surface area contributed by atoms with E-state index >= 15 is 0 Å². The molecule has 2 fully saturated rings. The van der Waals surface area contributed by atoms with E-state index in [1.165, 1.54) is 11.3 Å². The van der Waals surface area contributed by atoms with Gasteiger partial charge < -0.3 is 19.5 Å². The Labute approximate surface area is 299 Å². The number of fused-ring (bicyclic) bond motifs is 2. The summed E-state index contributed by atoms with van der Waals surface area (Å²) in [6, 6.07) is 15.4. The molecule has 2 saturated heterocycles. The highest BCUT2D eigenvalue weighted by Crippen LogP contribution is 2.45. The molecule has 262 valence electrons. The zero-order valence-electron chi connectivity index (χ0n) is 28.9. The third-order valence-electron chi connectivity index (χ3n) is 9.24. The highest BCUT2D eigenvalue weighted by Gasteiger charge is 2.34. The fourth-order valence-corrected chi connectivity index (χ4v) is 8.06. The van der Waals surface area contributed by atoms with Crippen molar-refractivity contribution < 1.29 is 24.2 Å². The van der Waals surface area contributed by atoms with E-state index in [4.69, 9.17) is 31.2 Å². The van der Waals surface area contributed by atoms with Gasteiger partial charge in [0.2, 0.25) is 0 Å². The maximum absolute atomic E-state index is 13.6. The molecule has 4 heterocycles. The van der Waals surface area contributed by atoms with Crippen LogP contribution < -0.4 is 4.90 Å². The number of rotatable bonds is 9. The van der Waals surface area contributed by atoms with Gasteiger partial charge in [-0.1, -0.05) is 23.7 Å². The molecule has 0 unspecified atom stereocenters. The summed E-state index contributed by atoms with van der Waals surface area (Å²) in [5, 5.41) is 17.5. The van der Waals surface area contributed by atoms with Gasteiger partial charge in [-0.15, -0.1) is 11.3 Å². The minimum absolute atomic E-state index is 0.0373. The summed E-state index contributed by atoms with van der Waals surface area (Å²) in [6.07, 6.45) is -1.20. The molecule has 5 aromatic rings. The van der Waals surface area contributed by atoms with Gasteiger partial charge in [0.1, 0.15) is 5.01 Å². The second-order valence-corrected chi connectivity index (χ2v) is 15.3. The minimum Gasteiger partial charge on any atom is -0.479 e. The Bertz CT molecular complexity index is 2080. The van der Waals surface area contributed by atoms with Gasteiger partial charge in [0.25, 0.3) is 0 Å². The van der Waals surface area contributed by atoms with Crippen LogP contribution in [0.1, 0.15) is 38.0 Å². The number of benzene rings is 3. The first-order chi connectivity index (χ1) is 23.9. The van der Waals surface area contributed by atoms with E-state index in [0.717, 1.165) is 81.2 Å². The smallest absolute Gasteiger partial charge is 0.337 e. The molecular weight excluding hydrogens is 676 g/mol. The van der Waals surface area contributed by atoms with E-state index in [0.29, 0.717) is 36.0 Å². The summed E-state index contributed by atoms with van der Waals surface area (Å²) in [7, 11) is 1.89. The molecular formula is C37H41ClN6O5S. The largest absolute Gasteiger partial charge is 0.479 e. The predicted molar refractivity (Wildman–Crippen MR) is 197 cm³/mol. The number of halogens is 1. The van der Waals surface area contributed by atoms with Crippen LogP contribution in [-0.2, 0) is 21.3 Å². The number of carboxylic acids is 1. The quantitative estimate of drug-likeness (QED) is 0.174. The van der Waals surface area contributed by atoms with Gasteiger partial charge in [-0.25, -0.2) is 14.6 Å². The standard InChI is InChI=1S/C37H41ClN6O5S/c1-22-20-27-32(30(23-6-9-25(38)10-7-23)29(22)31(35(45)46)49-37(2,3)4)50-34(39-27)24-8-11-28-26(21-24)33(40-41(28)5)44-15-14-43(36(44)47)13-12-42-16-18-48-19-17-42/h6-11,20-21,31H,12-19H2,1-5H3,(H,45,46)/t31-/m0/s1. The first-order valence-corrected chi connectivity index (χ1v) is 18.0. The van der Waals surface area contributed by atoms with Gasteiger partial charge >= 0.3 is 12.0 Å². The van der Waals surface area contributed by atoms with Gasteiger partial charge in [-0.3, -0.25) is 14.5 Å². The molecule has 7 rings (SSSR count). The second-order valence-electron chi connectivity index (χ2n) is 13.9. The van der Waals surface area contributed by atoms with Crippen molar-refractivity contribution in [3.63, 3.8) is 0 Å². The number of aromatic nitrogens is 3. The van der Waals surface area contributed by atoms with Crippen LogP contribution in [-0.4, -0.2) is 99.8 Å². The SMILES string of the molecule is Cc1cc2nc(-c3ccc4c(c3)c(N3CCN(CCN5CCOCC5)C3=O)nn4C)sc2c(-c2ccc(Cl)cc2)c1[C@H](OC(C)(C)C)C(=O)O. The summed E-state index contributed by atoms with van der Waals surface area (Å²) in [5.74, 6) is -0.430. The maximum atomic E-state index is 13.6. The van der Waals surface area contributed by atoms with Crippen molar-refractivity contribution in [1.29, 1.82) is 0 Å². The number of aryl methyl sites for hydroxylation is 2. The summed E-state index contributed by atoms with van der Waals surface area (Å²) in [6.45, 7) is 13.4. The van der Waals surface area contributed by atoms with Crippen LogP contribution in [0.4, 0.5) is 10.6 Å². The number of urea groups is 1. The average molecular weight is 717 g/mol. The van der Waals surface area contributed by atoms with Crippen LogP contribution in [0.25, 0.3) is 42.8 Å². The number of carbonyl (C=O) groups is 2. The Morgan fingerprint density at radius 2 is 1.76 bits per heavy atom. The van der Waals surface area contributed by atoms with E-state index in [1.807, 2.05) is 74.7 Å². The predicted octanol–water partition coefficient (Wildman–Crippen LogP) is 6.99. The van der Waals surface area contributed by atoms with Gasteiger partial charge in [-0.2, -0.15) is 5.10 Å². The van der Waals surface area contributed by atoms with E-state index in [9.17, 15) is 14.7 Å². The monoisotopic (exact) mass is 716 g/mol. The van der Waals surface area contributed by atoms with Crippen molar-refractivity contribution in [2.24, 2.45) is 7.05 Å². The van der Waals surface area contributed by atoms with Crippen LogP contribution in [0.2, 0.25) is 5.02 Å². The van der Waals surface area contributed by atoms with E-state index in [1.54, 1.807) is 17.0 Å². The molecule has 2 aliphatic heterocycles. The van der Waals surface area contributed by atoms with Crippen LogP contribution >= 0.6 is 22.9 Å². The molecule has 2 amide bonds. The number of thiazole rings is 1. The van der Waals surface area contributed by atoms with Crippen LogP contribution in [0, 0.1) is 6.92 Å². The number of nitrogens with zero attached hydrogens (tertiary/aromatic N) is 6. The third kappa shape index (κ3) is 6.70. The summed E-state index contributed by atoms with van der Waals surface area (Å²) in [5.41, 5.74) is 4.80. The molecule has 11 nitrogen and oxygen atoms in total. The topological polar surface area (TPSA) is 113 Å². The molecule has 2 aliphatic rings. The number of anilines is 1. The number of hydrogen-bond acceptors (Lipinski definition) is 8. The number of carboxylic acid groups (broad SMARTS) is 1. The van der Waals surface area contributed by atoms with Crippen molar-refractivity contribution in [2.75, 3.05) is 57.4 Å². The zero-order chi connectivity index (χ0) is 35.3. The van der Waals surface area contributed by atoms with Crippen molar-refractivity contribution >= 4 is 61.9 Å². The molecule has 0 bridgehead atoms. The van der Waals surface area contributed by atoms with Crippen LogP contribution in [0.15, 0.2) is 48.5 Å². The molecule has 50 heavy (non-hydrogen) atoms. The Hall–Kier alpha value is -4.07. The van der Waals surface area contributed by atoms with Crippen molar-refractivity contribution in [1.82, 2.24) is 24.6 Å². The number of amides is 2. The molecule has 0 radical (unpaired) electrons. The molecule has 1 N–H and O–H groups in total. The highest BCUT2D eigenvalue weighted by molar-refractivity contribution is 7.22. The highest BCUT2D eigenvalue weighted by atomic mass is 35.5. The summed E-state index contributed by atoms with van der Waals surface area (Å²) in [4.78, 5) is 37.5. The lowest BCUT2D eigenvalue weighted by molar-refractivity contribution is -0.160. The Morgan fingerprint density at radius 1 is 1.04 bits per heavy atom. The average Bonchev–Trinajstić information content (AvgIpc) is 3.77. The zero-order valence-corrected chi connectivity index (χ0v) is 30.5. The molecule has 3 aromatic carbocycles. The minimum atomic E-state index is -1.20. The van der Waals surface area contributed by atoms with E-state index < -0.39 is 17.7 Å². The molecule has 13 heteroatoms. The number of aliphatic carboxylic acids is 1. The van der Waals surface area contributed by atoms with Crippen LogP contribution in [0.5, 0.6) is 0 Å². The Morgan fingerprint density at radius 3 is 2.46 bits per heavy atom. The van der Waals surface area contributed by atoms with Crippen molar-refractivity contribution in [3.05, 3.63) is 64.7 Å². The van der Waals surface area contributed by atoms with Gasteiger partial charge in [0.05, 0.1) is 34.5 Å². The van der Waals surface area contributed by atoms with Crippen molar-refractivity contribution in [2.45, 2.75) is 39.4 Å². The fraction of sp³-hybridized carbons (Fsp3) is 0.405. The number of hydrogen-bond donors (Lipinski definition) is 1. The number of carbonyl (C=O) groups excluding carboxylic acids is 1. The lowest BCUT2D eigenvalue weighted by Crippen LogP contribution is -2.42. The molecule has 0 spiro atoms. The lowest BCUT2D eigenvalue weighted by atomic mass is 9.91. The second kappa shape index (κ2) is 13.6. The van der Waals surface area contributed by atoms with E-state index in [-0.39, 0.29) is 6.03 Å².